The maximum atomic E-state index is 12.2. The number of rotatable bonds is 0. The number of para-hydroxylation sites is 1. The number of hydrogen-bond donors (Lipinski definition) is 1. The molecule has 92 valence electrons. The third-order valence-electron chi connectivity index (χ3n) is 3.48. The van der Waals surface area contributed by atoms with E-state index in [1.165, 1.54) is 4.90 Å². The zero-order chi connectivity index (χ0) is 12.8. The molecular weight excluding hydrogens is 254 g/mol. The van der Waals surface area contributed by atoms with Gasteiger partial charge in [0, 0.05) is 27.3 Å². The number of benzene rings is 2. The van der Waals surface area contributed by atoms with Crippen molar-refractivity contribution in [1.82, 2.24) is 0 Å². The van der Waals surface area contributed by atoms with Gasteiger partial charge in [-0.3, -0.25) is 4.79 Å². The van der Waals surface area contributed by atoms with E-state index in [1.54, 1.807) is 11.8 Å². The molecule has 1 heterocycles. The Morgan fingerprint density at radius 2 is 1.68 bits per heavy atom. The minimum absolute atomic E-state index is 0.211. The van der Waals surface area contributed by atoms with Crippen LogP contribution in [0.3, 0.4) is 0 Å². The van der Waals surface area contributed by atoms with E-state index in [0.717, 1.165) is 27.4 Å². The molecule has 1 aliphatic carbocycles. The fraction of sp³-hybridized carbons (Fsp3) is 0.0625. The van der Waals surface area contributed by atoms with Gasteiger partial charge in [0.05, 0.1) is 11.4 Å². The van der Waals surface area contributed by atoms with Crippen molar-refractivity contribution in [2.24, 2.45) is 0 Å². The second-order valence-electron chi connectivity index (χ2n) is 4.67. The van der Waals surface area contributed by atoms with Crippen LogP contribution in [0.15, 0.2) is 58.3 Å². The van der Waals surface area contributed by atoms with Gasteiger partial charge in [-0.05, 0) is 12.1 Å². The summed E-state index contributed by atoms with van der Waals surface area (Å²) < 4.78 is 0. The number of ketones is 1. The third-order valence-corrected chi connectivity index (χ3v) is 4.65. The highest BCUT2D eigenvalue weighted by Crippen LogP contribution is 2.46. The lowest BCUT2D eigenvalue weighted by Gasteiger charge is -2.28. The van der Waals surface area contributed by atoms with Crippen LogP contribution in [0.1, 0.15) is 22.3 Å². The number of Topliss-reactive ketones (excluding diaryl/α,β-unsaturated/α-hetero) is 1. The first-order chi connectivity index (χ1) is 9.33. The minimum atomic E-state index is 0.211. The molecule has 0 spiro atoms. The lowest BCUT2D eigenvalue weighted by molar-refractivity contribution is 0.0993. The van der Waals surface area contributed by atoms with Crippen LogP contribution in [0, 0.1) is 0 Å². The Balaban J connectivity index is 1.89. The SMILES string of the molecule is O=C1CC2=C(Nc3ccccc3S2)c2ccccc21. The first kappa shape index (κ1) is 10.9. The molecule has 0 saturated heterocycles. The molecule has 19 heavy (non-hydrogen) atoms. The van der Waals surface area contributed by atoms with Gasteiger partial charge in [-0.2, -0.15) is 0 Å². The largest absolute Gasteiger partial charge is 0.353 e. The summed E-state index contributed by atoms with van der Waals surface area (Å²) >= 11 is 1.70. The van der Waals surface area contributed by atoms with E-state index >= 15 is 0 Å². The molecule has 0 aromatic heterocycles. The molecule has 0 fully saturated rings. The van der Waals surface area contributed by atoms with Gasteiger partial charge in [-0.1, -0.05) is 48.2 Å². The van der Waals surface area contributed by atoms with Crippen LogP contribution < -0.4 is 5.32 Å². The van der Waals surface area contributed by atoms with E-state index in [4.69, 9.17) is 0 Å². The van der Waals surface area contributed by atoms with E-state index in [-0.39, 0.29) is 5.78 Å². The third kappa shape index (κ3) is 1.62. The Labute approximate surface area is 115 Å². The van der Waals surface area contributed by atoms with E-state index < -0.39 is 0 Å². The highest BCUT2D eigenvalue weighted by molar-refractivity contribution is 8.03. The zero-order valence-electron chi connectivity index (χ0n) is 10.1. The average molecular weight is 265 g/mol. The van der Waals surface area contributed by atoms with Crippen LogP contribution in [0.25, 0.3) is 5.70 Å². The summed E-state index contributed by atoms with van der Waals surface area (Å²) in [5, 5.41) is 3.48. The highest BCUT2D eigenvalue weighted by Gasteiger charge is 2.28. The minimum Gasteiger partial charge on any atom is -0.353 e. The van der Waals surface area contributed by atoms with Gasteiger partial charge in [0.15, 0.2) is 5.78 Å². The molecular formula is C16H11NOS. The van der Waals surface area contributed by atoms with Gasteiger partial charge in [0.2, 0.25) is 0 Å². The van der Waals surface area contributed by atoms with Gasteiger partial charge in [0.25, 0.3) is 0 Å². The Hall–Kier alpha value is -2.00. The molecule has 0 bridgehead atoms. The van der Waals surface area contributed by atoms with Crippen LogP contribution in [-0.2, 0) is 0 Å². The molecule has 2 aliphatic rings. The molecule has 0 unspecified atom stereocenters. The van der Waals surface area contributed by atoms with Crippen molar-refractivity contribution < 1.29 is 4.79 Å². The topological polar surface area (TPSA) is 29.1 Å². The van der Waals surface area contributed by atoms with Gasteiger partial charge < -0.3 is 5.32 Å². The van der Waals surface area contributed by atoms with E-state index in [1.807, 2.05) is 36.4 Å². The Morgan fingerprint density at radius 3 is 2.58 bits per heavy atom. The number of thioether (sulfide) groups is 1. The predicted octanol–water partition coefficient (Wildman–Crippen LogP) is 4.16. The quantitative estimate of drug-likeness (QED) is 0.775. The van der Waals surface area contributed by atoms with Gasteiger partial charge >= 0.3 is 0 Å². The lowest BCUT2D eigenvalue weighted by Crippen LogP contribution is -2.17. The van der Waals surface area contributed by atoms with Crippen LogP contribution in [0.4, 0.5) is 5.69 Å². The number of allylic oxidation sites excluding steroid dienone is 1. The molecule has 0 saturated carbocycles. The smallest absolute Gasteiger partial charge is 0.168 e. The van der Waals surface area contributed by atoms with Crippen LogP contribution in [-0.4, -0.2) is 5.78 Å². The maximum absolute atomic E-state index is 12.2. The van der Waals surface area contributed by atoms with Crippen molar-refractivity contribution in [3.05, 3.63) is 64.6 Å². The standard InChI is InChI=1S/C16H11NOS/c18-13-9-15-16(11-6-2-1-5-10(11)13)17-12-7-3-4-8-14(12)19-15/h1-8,17H,9H2. The summed E-state index contributed by atoms with van der Waals surface area (Å²) in [5.74, 6) is 0.211. The molecule has 0 atom stereocenters. The van der Waals surface area contributed by atoms with Crippen LogP contribution in [0.2, 0.25) is 0 Å². The van der Waals surface area contributed by atoms with Gasteiger partial charge in [-0.15, -0.1) is 0 Å². The zero-order valence-corrected chi connectivity index (χ0v) is 11.0. The summed E-state index contributed by atoms with van der Waals surface area (Å²) in [6, 6.07) is 16.0. The summed E-state index contributed by atoms with van der Waals surface area (Å²) in [5.41, 5.74) is 4.07. The van der Waals surface area contributed by atoms with Crippen molar-refractivity contribution in [3.63, 3.8) is 0 Å². The van der Waals surface area contributed by atoms with E-state index in [0.29, 0.717) is 6.42 Å². The fourth-order valence-electron chi connectivity index (χ4n) is 2.57. The summed E-state index contributed by atoms with van der Waals surface area (Å²) in [6.07, 6.45) is 0.498. The number of nitrogens with one attached hydrogen (secondary N) is 1. The number of anilines is 1. The maximum Gasteiger partial charge on any atom is 0.168 e. The molecule has 0 amide bonds. The van der Waals surface area contributed by atoms with E-state index in [9.17, 15) is 4.79 Å². The Bertz CT molecular complexity index is 733. The summed E-state index contributed by atoms with van der Waals surface area (Å²) in [6.45, 7) is 0. The highest BCUT2D eigenvalue weighted by atomic mass is 32.2. The van der Waals surface area contributed by atoms with Crippen LogP contribution >= 0.6 is 11.8 Å². The lowest BCUT2D eigenvalue weighted by atomic mass is 9.93. The normalized spacial score (nSPS) is 16.3. The molecule has 1 aliphatic heterocycles. The molecule has 2 aromatic carbocycles. The molecule has 2 aromatic rings. The molecule has 4 rings (SSSR count). The number of carbonyl (C=O) groups is 1. The summed E-state index contributed by atoms with van der Waals surface area (Å²) in [7, 11) is 0. The van der Waals surface area contributed by atoms with Crippen molar-refractivity contribution in [3.8, 4) is 0 Å². The van der Waals surface area contributed by atoms with Crippen molar-refractivity contribution in [2.75, 3.05) is 5.32 Å². The average Bonchev–Trinajstić information content (AvgIpc) is 2.46. The predicted molar refractivity (Wildman–Crippen MR) is 78.2 cm³/mol. The number of carbonyl (C=O) groups excluding carboxylic acids is 1. The second-order valence-corrected chi connectivity index (χ2v) is 5.80. The first-order valence-electron chi connectivity index (χ1n) is 6.22. The fourth-order valence-corrected chi connectivity index (χ4v) is 3.68. The number of fused-ring (bicyclic) bond motifs is 3. The van der Waals surface area contributed by atoms with Crippen molar-refractivity contribution >= 4 is 28.9 Å². The van der Waals surface area contributed by atoms with Crippen molar-refractivity contribution in [2.45, 2.75) is 11.3 Å². The van der Waals surface area contributed by atoms with Crippen molar-refractivity contribution in [1.29, 1.82) is 0 Å². The van der Waals surface area contributed by atoms with E-state index in [2.05, 4.69) is 17.4 Å². The molecule has 2 nitrogen and oxygen atoms in total. The monoisotopic (exact) mass is 265 g/mol. The molecule has 0 radical (unpaired) electrons. The van der Waals surface area contributed by atoms with Crippen LogP contribution in [0.5, 0.6) is 0 Å². The Morgan fingerprint density at radius 1 is 0.947 bits per heavy atom. The first-order valence-corrected chi connectivity index (χ1v) is 7.04. The second kappa shape index (κ2) is 4.00. The molecule has 3 heteroatoms. The van der Waals surface area contributed by atoms with Gasteiger partial charge in [0.1, 0.15) is 0 Å². The molecule has 1 N–H and O–H groups in total. The number of hydrogen-bond acceptors (Lipinski definition) is 3. The van der Waals surface area contributed by atoms with Gasteiger partial charge in [-0.25, -0.2) is 0 Å². The Kier molecular flexibility index (Phi) is 2.29. The summed E-state index contributed by atoms with van der Waals surface area (Å²) in [4.78, 5) is 14.5.